The molecule has 16 atom stereocenters. The number of nitrogens with two attached hydrogens (primary N) is 4. The van der Waals surface area contributed by atoms with E-state index in [2.05, 4.69) is 68.8 Å². The summed E-state index contributed by atoms with van der Waals surface area (Å²) in [5.41, 5.74) is 22.4. The van der Waals surface area contributed by atoms with Gasteiger partial charge >= 0.3 is 17.9 Å². The number of hydrogen-bond acceptors (Lipinski definition) is 19. The molecule has 0 saturated heterocycles. The number of amides is 13. The minimum atomic E-state index is -1.87. The lowest BCUT2D eigenvalue weighted by atomic mass is 9.96. The maximum Gasteiger partial charge on any atom is 0.326 e. The third kappa shape index (κ3) is 30.8. The van der Waals surface area contributed by atoms with Gasteiger partial charge in [0.25, 0.3) is 0 Å². The molecule has 1 aromatic rings. The molecule has 24 N–H and O–H groups in total. The second-order valence-electron chi connectivity index (χ2n) is 24.2. The summed E-state index contributed by atoms with van der Waals surface area (Å²) in [6.07, 6.45) is -4.45. The molecule has 0 bridgehead atoms. The third-order valence-electron chi connectivity index (χ3n) is 15.4. The van der Waals surface area contributed by atoms with Crippen LogP contribution in [0.25, 0.3) is 0 Å². The zero-order valence-electron chi connectivity index (χ0n) is 56.9. The van der Waals surface area contributed by atoms with Crippen LogP contribution in [0.2, 0.25) is 0 Å². The van der Waals surface area contributed by atoms with E-state index < -0.39 is 223 Å². The largest absolute Gasteiger partial charge is 0.481 e. The van der Waals surface area contributed by atoms with Crippen molar-refractivity contribution in [2.45, 2.75) is 219 Å². The molecule has 98 heavy (non-hydrogen) atoms. The highest BCUT2D eigenvalue weighted by Gasteiger charge is 2.39. The molecule has 37 nitrogen and oxygen atoms in total. The molecule has 13 amide bonds. The average molecular weight is 1390 g/mol. The summed E-state index contributed by atoms with van der Waals surface area (Å²) in [4.78, 5) is 215. The van der Waals surface area contributed by atoms with Crippen LogP contribution in [0.4, 0.5) is 0 Å². The SMILES string of the molecule is CC[C@H](C)[C@H](NC(=O)[C@H](CC(N)=O)NC(=O)[C@H](CCC(=O)O)NC(=O)[C@H](C)NC(=O)[C@H](C)NC(=O)[C@H](C)NC(=O)[C@@H](NC(=O)[C@@H](NC(=O)[C@H](CC(=O)O)NC(=O)[C@@H](NC(=O)[C@H](Cc1ccccc1)NC(=O)[C@H](C)N)[C@@H](C)CC)C(C)C)[C@@H](C)O)C(=O)N[C@@H](CCCN=C(N)N)C(=O)O. The van der Waals surface area contributed by atoms with Gasteiger partial charge in [-0.3, -0.25) is 76.9 Å². The second kappa shape index (κ2) is 42.5. The summed E-state index contributed by atoms with van der Waals surface area (Å²) in [6.45, 7) is 15.4. The molecule has 0 fully saturated rings. The van der Waals surface area contributed by atoms with Gasteiger partial charge in [-0.25, -0.2) is 4.79 Å². The molecule has 0 saturated carbocycles. The normalized spacial score (nSPS) is 15.9. The van der Waals surface area contributed by atoms with Crippen molar-refractivity contribution in [3.05, 3.63) is 35.9 Å². The highest BCUT2D eigenvalue weighted by Crippen LogP contribution is 2.15. The van der Waals surface area contributed by atoms with Crippen molar-refractivity contribution in [1.82, 2.24) is 63.8 Å². The number of aliphatic hydroxyl groups excluding tert-OH is 1. The van der Waals surface area contributed by atoms with E-state index in [9.17, 15) is 97.1 Å². The number of rotatable bonds is 44. The quantitative estimate of drug-likeness (QED) is 0.0164. The van der Waals surface area contributed by atoms with Crippen molar-refractivity contribution in [3.63, 3.8) is 0 Å². The van der Waals surface area contributed by atoms with E-state index in [-0.39, 0.29) is 44.6 Å². The van der Waals surface area contributed by atoms with Gasteiger partial charge in [-0.15, -0.1) is 0 Å². The van der Waals surface area contributed by atoms with Gasteiger partial charge in [-0.2, -0.15) is 0 Å². The molecule has 0 radical (unpaired) electrons. The number of carbonyl (C=O) groups excluding carboxylic acids is 13. The number of aliphatic hydroxyl groups is 1. The fourth-order valence-electron chi connectivity index (χ4n) is 9.07. The Labute approximate surface area is 566 Å². The smallest absolute Gasteiger partial charge is 0.326 e. The number of aliphatic carboxylic acids is 3. The van der Waals surface area contributed by atoms with Gasteiger partial charge in [-0.1, -0.05) is 84.7 Å². The van der Waals surface area contributed by atoms with Crippen LogP contribution < -0.4 is 86.7 Å². The molecular formula is C61H99N17O20. The monoisotopic (exact) mass is 1390 g/mol. The molecule has 0 aliphatic heterocycles. The van der Waals surface area contributed by atoms with Crippen LogP contribution in [-0.2, 0) is 83.1 Å². The van der Waals surface area contributed by atoms with Crippen LogP contribution in [0, 0.1) is 17.8 Å². The maximum atomic E-state index is 14.0. The number of nitrogens with one attached hydrogen (secondary N) is 12. The van der Waals surface area contributed by atoms with E-state index in [1.54, 1.807) is 58.0 Å². The van der Waals surface area contributed by atoms with Crippen molar-refractivity contribution in [1.29, 1.82) is 0 Å². The topological polar surface area (TPSA) is 615 Å². The predicted octanol–water partition coefficient (Wildman–Crippen LogP) is -6.06. The Kier molecular flexibility index (Phi) is 37.2. The predicted molar refractivity (Wildman–Crippen MR) is 350 cm³/mol. The fraction of sp³-hybridized carbons (Fsp3) is 0.623. The molecular weight excluding hydrogens is 1290 g/mol. The number of benzene rings is 1. The molecule has 1 aromatic carbocycles. The van der Waals surface area contributed by atoms with Crippen LogP contribution in [0.15, 0.2) is 35.3 Å². The Morgan fingerprint density at radius 1 is 0.429 bits per heavy atom. The first kappa shape index (κ1) is 85.9. The first-order chi connectivity index (χ1) is 45.6. The molecule has 0 aliphatic rings. The summed E-state index contributed by atoms with van der Waals surface area (Å²) < 4.78 is 0. The van der Waals surface area contributed by atoms with Crippen LogP contribution in [0.5, 0.6) is 0 Å². The highest BCUT2D eigenvalue weighted by molar-refractivity contribution is 6.01. The maximum absolute atomic E-state index is 14.0. The van der Waals surface area contributed by atoms with E-state index in [0.717, 1.165) is 20.8 Å². The highest BCUT2D eigenvalue weighted by atomic mass is 16.4. The number of hydrogen-bond donors (Lipinski definition) is 20. The Hall–Kier alpha value is -10.1. The molecule has 37 heteroatoms. The number of nitrogens with zero attached hydrogens (tertiary/aromatic N) is 1. The summed E-state index contributed by atoms with van der Waals surface area (Å²) in [5, 5.41) is 68.1. The first-order valence-electron chi connectivity index (χ1n) is 31.8. The van der Waals surface area contributed by atoms with E-state index in [0.29, 0.717) is 5.56 Å². The van der Waals surface area contributed by atoms with Gasteiger partial charge in [0.15, 0.2) is 5.96 Å². The lowest BCUT2D eigenvalue weighted by Crippen LogP contribution is -2.62. The van der Waals surface area contributed by atoms with Crippen LogP contribution in [0.1, 0.15) is 133 Å². The lowest BCUT2D eigenvalue weighted by Gasteiger charge is -2.30. The van der Waals surface area contributed by atoms with Gasteiger partial charge < -0.3 is 107 Å². The van der Waals surface area contributed by atoms with E-state index in [1.807, 2.05) is 0 Å². The number of primary amides is 1. The first-order valence-corrected chi connectivity index (χ1v) is 31.8. The summed E-state index contributed by atoms with van der Waals surface area (Å²) >= 11 is 0. The zero-order valence-corrected chi connectivity index (χ0v) is 56.9. The molecule has 548 valence electrons. The molecule has 0 heterocycles. The van der Waals surface area contributed by atoms with Crippen molar-refractivity contribution < 1.29 is 97.1 Å². The van der Waals surface area contributed by atoms with E-state index in [1.165, 1.54) is 27.7 Å². The van der Waals surface area contributed by atoms with E-state index in [4.69, 9.17) is 22.9 Å². The molecule has 0 unspecified atom stereocenters. The van der Waals surface area contributed by atoms with Crippen LogP contribution in [-0.4, -0.2) is 212 Å². The number of guanidine groups is 1. The van der Waals surface area contributed by atoms with Gasteiger partial charge in [0.2, 0.25) is 76.8 Å². The minimum Gasteiger partial charge on any atom is -0.481 e. The van der Waals surface area contributed by atoms with Crippen molar-refractivity contribution in [2.24, 2.45) is 45.7 Å². The molecule has 1 rings (SSSR count). The van der Waals surface area contributed by atoms with Crippen molar-refractivity contribution in [2.75, 3.05) is 6.54 Å². The zero-order chi connectivity index (χ0) is 75.0. The van der Waals surface area contributed by atoms with Gasteiger partial charge in [-0.05, 0) is 77.2 Å². The van der Waals surface area contributed by atoms with Crippen LogP contribution >= 0.6 is 0 Å². The standard InChI is InChI=1S/C61H99N17O20/c1-12-28(5)45(57(94)71-37(60(97)98)20-17-23-66-61(64)65)77-54(91)39(25-41(63)80)73-52(89)36(21-22-42(81)82)70-51(88)33(10)68-49(86)31(8)67-50(87)32(9)69-59(96)47(34(11)79)78-56(93)44(27(3)4)75-55(92)40(26-43(83)84)74-58(95)46(29(6)13-2)76-53(90)38(72-48(85)30(7)62)24-35-18-15-14-16-19-35/h14-16,18-19,27-34,36-40,44-47,79H,12-13,17,20-26,62H2,1-11H3,(H2,63,80)(H,67,87)(H,68,86)(H,69,96)(H,70,88)(H,71,94)(H,72,85)(H,73,89)(H,74,95)(H,75,92)(H,76,90)(H,77,91)(H,78,93)(H,81,82)(H,83,84)(H,97,98)(H4,64,65,66)/t28-,29-,30-,31-,32-,33-,34+,36-,37-,38-,39-,40-,44-,45-,46-,47-/m0/s1. The summed E-state index contributed by atoms with van der Waals surface area (Å²) in [5.74, 6) is -20.3. The Balaban J connectivity index is 3.23. The number of carboxylic acid groups (broad SMARTS) is 3. The van der Waals surface area contributed by atoms with Crippen LogP contribution in [0.3, 0.4) is 0 Å². The Bertz CT molecular complexity index is 3000. The lowest BCUT2D eigenvalue weighted by molar-refractivity contribution is -0.143. The third-order valence-corrected chi connectivity index (χ3v) is 15.4. The number of carboxylic acids is 3. The Morgan fingerprint density at radius 2 is 0.816 bits per heavy atom. The second-order valence-corrected chi connectivity index (χ2v) is 24.2. The van der Waals surface area contributed by atoms with Gasteiger partial charge in [0, 0.05) is 19.4 Å². The average Bonchev–Trinajstić information content (AvgIpc) is 0.856. The van der Waals surface area contributed by atoms with E-state index >= 15 is 0 Å². The van der Waals surface area contributed by atoms with Crippen molar-refractivity contribution in [3.8, 4) is 0 Å². The fourth-order valence-corrected chi connectivity index (χ4v) is 9.07. The number of aliphatic imine (C=N–C) groups is 1. The minimum absolute atomic E-state index is 0.0136. The summed E-state index contributed by atoms with van der Waals surface area (Å²) in [7, 11) is 0. The molecule has 0 aliphatic carbocycles. The Morgan fingerprint density at radius 3 is 1.24 bits per heavy atom. The summed E-state index contributed by atoms with van der Waals surface area (Å²) in [6, 6.07) is -11.5. The van der Waals surface area contributed by atoms with Gasteiger partial charge in [0.1, 0.15) is 72.5 Å². The van der Waals surface area contributed by atoms with Crippen molar-refractivity contribution >= 4 is 101 Å². The number of carbonyl (C=O) groups is 16. The molecule has 0 aromatic heterocycles. The van der Waals surface area contributed by atoms with Gasteiger partial charge in [0.05, 0.1) is 25.0 Å². The molecule has 0 spiro atoms.